The third-order valence-corrected chi connectivity index (χ3v) is 5.39. The number of rotatable bonds is 5. The largest absolute Gasteiger partial charge is 0.492 e. The van der Waals surface area contributed by atoms with Crippen LogP contribution in [0, 0.1) is 19.8 Å². The molecular weight excluding hydrogens is 326 g/mol. The summed E-state index contributed by atoms with van der Waals surface area (Å²) < 4.78 is 7.70. The normalized spacial score (nSPS) is 15.5. The van der Waals surface area contributed by atoms with Crippen LogP contribution in [0.3, 0.4) is 0 Å². The molecule has 1 atom stereocenters. The highest BCUT2D eigenvalue weighted by Gasteiger charge is 2.24. The monoisotopic (exact) mass is 351 g/mol. The second-order valence-electron chi connectivity index (χ2n) is 7.57. The van der Waals surface area contributed by atoms with E-state index >= 15 is 0 Å². The summed E-state index contributed by atoms with van der Waals surface area (Å²) in [5.74, 6) is 1.58. The predicted octanol–water partition coefficient (Wildman–Crippen LogP) is 3.21. The molecule has 5 nitrogen and oxygen atoms in total. The Kier molecular flexibility index (Phi) is 4.19. The van der Waals surface area contributed by atoms with Crippen molar-refractivity contribution in [2.24, 2.45) is 18.7 Å². The summed E-state index contributed by atoms with van der Waals surface area (Å²) >= 11 is 0. The van der Waals surface area contributed by atoms with E-state index in [1.165, 1.54) is 12.8 Å². The summed E-state index contributed by atoms with van der Waals surface area (Å²) in [6.45, 7) is 4.42. The van der Waals surface area contributed by atoms with Gasteiger partial charge in [-0.1, -0.05) is 12.8 Å². The van der Waals surface area contributed by atoms with E-state index in [0.717, 1.165) is 45.6 Å². The number of nitrogens with two attached hydrogens (primary N) is 1. The second kappa shape index (κ2) is 6.40. The van der Waals surface area contributed by atoms with Crippen LogP contribution in [0.25, 0.3) is 21.7 Å². The summed E-state index contributed by atoms with van der Waals surface area (Å²) in [4.78, 5) is 17.1. The molecule has 1 aliphatic rings. The first-order valence-corrected chi connectivity index (χ1v) is 9.22. The van der Waals surface area contributed by atoms with Gasteiger partial charge in [-0.2, -0.15) is 0 Å². The molecule has 26 heavy (non-hydrogen) atoms. The number of ether oxygens (including phenoxy) is 1. The molecular formula is C21H25N3O2. The first-order chi connectivity index (χ1) is 12.5. The molecule has 0 amide bonds. The van der Waals surface area contributed by atoms with Gasteiger partial charge in [0.15, 0.2) is 0 Å². The van der Waals surface area contributed by atoms with E-state index in [1.54, 1.807) is 17.8 Å². The number of aromatic nitrogens is 2. The second-order valence-corrected chi connectivity index (χ2v) is 7.57. The smallest absolute Gasteiger partial charge is 0.260 e. The van der Waals surface area contributed by atoms with Gasteiger partial charge in [-0.3, -0.25) is 9.78 Å². The molecule has 2 aromatic heterocycles. The van der Waals surface area contributed by atoms with E-state index in [2.05, 4.69) is 11.1 Å². The molecule has 0 aliphatic heterocycles. The van der Waals surface area contributed by atoms with E-state index < -0.39 is 0 Å². The maximum atomic E-state index is 12.8. The zero-order valence-corrected chi connectivity index (χ0v) is 15.6. The zero-order chi connectivity index (χ0) is 18.4. The van der Waals surface area contributed by atoms with Crippen LogP contribution in [0.5, 0.6) is 5.75 Å². The van der Waals surface area contributed by atoms with Crippen molar-refractivity contribution < 1.29 is 4.74 Å². The van der Waals surface area contributed by atoms with E-state index in [4.69, 9.17) is 10.5 Å². The summed E-state index contributed by atoms with van der Waals surface area (Å²) in [5.41, 5.74) is 8.82. The van der Waals surface area contributed by atoms with Crippen LogP contribution >= 0.6 is 0 Å². The minimum absolute atomic E-state index is 0.0293. The Hall–Kier alpha value is -2.40. The van der Waals surface area contributed by atoms with Gasteiger partial charge in [-0.25, -0.2) is 0 Å². The number of nitrogens with zero attached hydrogens (tertiary/aromatic N) is 2. The van der Waals surface area contributed by atoms with Crippen molar-refractivity contribution in [3.05, 3.63) is 46.0 Å². The van der Waals surface area contributed by atoms with Crippen molar-refractivity contribution in [1.29, 1.82) is 0 Å². The first-order valence-electron chi connectivity index (χ1n) is 9.22. The number of benzene rings is 1. The van der Waals surface area contributed by atoms with Crippen LogP contribution in [0.15, 0.2) is 29.2 Å². The molecule has 0 radical (unpaired) electrons. The Morgan fingerprint density at radius 3 is 2.81 bits per heavy atom. The van der Waals surface area contributed by atoms with Crippen molar-refractivity contribution in [3.63, 3.8) is 0 Å². The van der Waals surface area contributed by atoms with Gasteiger partial charge in [-0.15, -0.1) is 0 Å². The zero-order valence-electron chi connectivity index (χ0n) is 15.6. The van der Waals surface area contributed by atoms with E-state index in [9.17, 15) is 4.79 Å². The van der Waals surface area contributed by atoms with Gasteiger partial charge in [-0.05, 0) is 49.3 Å². The number of pyridine rings is 2. The lowest BCUT2D eigenvalue weighted by atomic mass is 10.0. The van der Waals surface area contributed by atoms with Crippen molar-refractivity contribution in [2.75, 3.05) is 6.61 Å². The van der Waals surface area contributed by atoms with Crippen LogP contribution < -0.4 is 16.0 Å². The maximum Gasteiger partial charge on any atom is 0.260 e. The Morgan fingerprint density at radius 1 is 1.31 bits per heavy atom. The van der Waals surface area contributed by atoms with Gasteiger partial charge < -0.3 is 15.0 Å². The molecule has 5 heteroatoms. The number of fused-ring (bicyclic) bond motifs is 3. The lowest BCUT2D eigenvalue weighted by Crippen LogP contribution is -2.28. The van der Waals surface area contributed by atoms with Crippen LogP contribution in [-0.2, 0) is 7.05 Å². The Balaban J connectivity index is 1.77. The van der Waals surface area contributed by atoms with Gasteiger partial charge >= 0.3 is 0 Å². The van der Waals surface area contributed by atoms with Gasteiger partial charge in [0.1, 0.15) is 12.4 Å². The molecule has 1 unspecified atom stereocenters. The van der Waals surface area contributed by atoms with Crippen LogP contribution in [0.1, 0.15) is 30.5 Å². The fourth-order valence-electron chi connectivity index (χ4n) is 3.71. The number of hydrogen-bond donors (Lipinski definition) is 1. The lowest BCUT2D eigenvalue weighted by Gasteiger charge is -2.17. The molecule has 4 rings (SSSR count). The minimum Gasteiger partial charge on any atom is -0.492 e. The van der Waals surface area contributed by atoms with Crippen molar-refractivity contribution in [2.45, 2.75) is 39.2 Å². The molecule has 0 spiro atoms. The average Bonchev–Trinajstić information content (AvgIpc) is 3.42. The highest BCUT2D eigenvalue weighted by molar-refractivity contribution is 6.06. The molecule has 1 saturated carbocycles. The van der Waals surface area contributed by atoms with Gasteiger partial charge in [0, 0.05) is 30.7 Å². The third kappa shape index (κ3) is 2.97. The molecule has 0 bridgehead atoms. The summed E-state index contributed by atoms with van der Waals surface area (Å²) in [5, 5.41) is 2.66. The number of aryl methyl sites for hydroxylation is 3. The Bertz CT molecular complexity index is 1050. The Morgan fingerprint density at radius 2 is 2.08 bits per heavy atom. The lowest BCUT2D eigenvalue weighted by molar-refractivity contribution is 0.276. The number of hydrogen-bond acceptors (Lipinski definition) is 4. The van der Waals surface area contributed by atoms with E-state index in [-0.39, 0.29) is 11.6 Å². The Labute approximate surface area is 152 Å². The summed E-state index contributed by atoms with van der Waals surface area (Å²) in [6.07, 6.45) is 5.38. The molecule has 0 saturated heterocycles. The first kappa shape index (κ1) is 17.0. The predicted molar refractivity (Wildman–Crippen MR) is 105 cm³/mol. The quantitative estimate of drug-likeness (QED) is 0.717. The third-order valence-electron chi connectivity index (χ3n) is 5.39. The molecule has 1 aromatic carbocycles. The van der Waals surface area contributed by atoms with Crippen LogP contribution in [-0.4, -0.2) is 22.2 Å². The maximum absolute atomic E-state index is 12.8. The topological polar surface area (TPSA) is 70.1 Å². The molecule has 2 heterocycles. The van der Waals surface area contributed by atoms with Crippen molar-refractivity contribution >= 4 is 21.7 Å². The molecule has 1 aliphatic carbocycles. The van der Waals surface area contributed by atoms with Crippen molar-refractivity contribution in [1.82, 2.24) is 9.55 Å². The van der Waals surface area contributed by atoms with Gasteiger partial charge in [0.25, 0.3) is 5.56 Å². The fraction of sp³-hybridized carbons (Fsp3) is 0.429. The highest BCUT2D eigenvalue weighted by atomic mass is 16.5. The molecule has 3 aromatic rings. The standard InChI is InChI=1S/C21H25N3O2/c1-12-8-17-16-6-7-23-13(2)20(16)21(25)24(3)18(17)10-19(12)26-11-15(22)9-14-4-5-14/h6-8,10,14-15H,4-5,9,11,22H2,1-3H3. The van der Waals surface area contributed by atoms with Crippen molar-refractivity contribution in [3.8, 4) is 5.75 Å². The van der Waals surface area contributed by atoms with Crippen LogP contribution in [0.4, 0.5) is 0 Å². The molecule has 2 N–H and O–H groups in total. The van der Waals surface area contributed by atoms with Gasteiger partial charge in [0.2, 0.25) is 0 Å². The minimum atomic E-state index is -0.0293. The average molecular weight is 351 g/mol. The molecule has 1 fully saturated rings. The van der Waals surface area contributed by atoms with Gasteiger partial charge in [0.05, 0.1) is 16.6 Å². The fourth-order valence-corrected chi connectivity index (χ4v) is 3.71. The molecule has 136 valence electrons. The van der Waals surface area contributed by atoms with E-state index in [0.29, 0.717) is 12.0 Å². The highest BCUT2D eigenvalue weighted by Crippen LogP contribution is 2.34. The van der Waals surface area contributed by atoms with Crippen LogP contribution in [0.2, 0.25) is 0 Å². The SMILES string of the molecule is Cc1cc2c3ccnc(C)c3c(=O)n(C)c2cc1OCC(N)CC1CC1. The summed E-state index contributed by atoms with van der Waals surface area (Å²) in [6, 6.07) is 6.04. The summed E-state index contributed by atoms with van der Waals surface area (Å²) in [7, 11) is 1.80. The van der Waals surface area contributed by atoms with E-state index in [1.807, 2.05) is 26.0 Å².